The maximum Gasteiger partial charge on any atom is 0.146 e. The minimum absolute atomic E-state index is 0.198. The summed E-state index contributed by atoms with van der Waals surface area (Å²) in [6.45, 7) is 6.17. The van der Waals surface area contributed by atoms with Crippen molar-refractivity contribution >= 4 is 5.69 Å². The molecule has 3 nitrogen and oxygen atoms in total. The van der Waals surface area contributed by atoms with Gasteiger partial charge in [-0.25, -0.2) is 4.39 Å². The van der Waals surface area contributed by atoms with E-state index < -0.39 is 0 Å². The van der Waals surface area contributed by atoms with Crippen LogP contribution < -0.4 is 10.2 Å². The molecule has 0 fully saturated rings. The van der Waals surface area contributed by atoms with Crippen molar-refractivity contribution in [3.8, 4) is 0 Å². The molecule has 0 atom stereocenters. The predicted octanol–water partition coefficient (Wildman–Crippen LogP) is 3.86. The summed E-state index contributed by atoms with van der Waals surface area (Å²) in [6.07, 6.45) is 1.06. The fraction of sp³-hybridized carbons (Fsp3) is 0.412. The molecule has 114 valence electrons. The molecule has 0 unspecified atom stereocenters. The van der Waals surface area contributed by atoms with Gasteiger partial charge in [0.2, 0.25) is 0 Å². The van der Waals surface area contributed by atoms with Gasteiger partial charge in [0.1, 0.15) is 17.3 Å². The molecule has 0 saturated carbocycles. The van der Waals surface area contributed by atoms with Crippen LogP contribution in [0.15, 0.2) is 34.7 Å². The minimum atomic E-state index is -0.198. The Morgan fingerprint density at radius 2 is 2.05 bits per heavy atom. The van der Waals surface area contributed by atoms with Crippen molar-refractivity contribution in [3.63, 3.8) is 0 Å². The van der Waals surface area contributed by atoms with E-state index in [1.807, 2.05) is 37.1 Å². The molecule has 0 aliphatic heterocycles. The lowest BCUT2D eigenvalue weighted by Gasteiger charge is -2.22. The number of nitrogens with zero attached hydrogens (tertiary/aromatic N) is 1. The number of halogens is 1. The highest BCUT2D eigenvalue weighted by molar-refractivity contribution is 5.54. The van der Waals surface area contributed by atoms with Crippen LogP contribution >= 0.6 is 0 Å². The number of anilines is 1. The van der Waals surface area contributed by atoms with E-state index in [0.717, 1.165) is 30.0 Å². The van der Waals surface area contributed by atoms with Crippen molar-refractivity contribution in [2.24, 2.45) is 0 Å². The van der Waals surface area contributed by atoms with Gasteiger partial charge in [0, 0.05) is 13.6 Å². The van der Waals surface area contributed by atoms with Gasteiger partial charge < -0.3 is 14.6 Å². The third-order valence-electron chi connectivity index (χ3n) is 3.38. The lowest BCUT2D eigenvalue weighted by Crippen LogP contribution is -2.22. The second-order valence-corrected chi connectivity index (χ2v) is 5.29. The predicted molar refractivity (Wildman–Crippen MR) is 83.9 cm³/mol. The first-order chi connectivity index (χ1) is 10.1. The van der Waals surface area contributed by atoms with Crippen LogP contribution in [-0.2, 0) is 13.1 Å². The molecule has 1 N–H and O–H groups in total. The van der Waals surface area contributed by atoms with Gasteiger partial charge in [-0.05, 0) is 43.7 Å². The van der Waals surface area contributed by atoms with Crippen molar-refractivity contribution in [3.05, 3.63) is 53.2 Å². The van der Waals surface area contributed by atoms with Crippen molar-refractivity contribution in [1.29, 1.82) is 0 Å². The Balaban J connectivity index is 2.16. The van der Waals surface area contributed by atoms with Crippen LogP contribution in [0.5, 0.6) is 0 Å². The zero-order chi connectivity index (χ0) is 15.2. The monoisotopic (exact) mass is 290 g/mol. The minimum Gasteiger partial charge on any atom is -0.464 e. The summed E-state index contributed by atoms with van der Waals surface area (Å²) in [4.78, 5) is 1.90. The summed E-state index contributed by atoms with van der Waals surface area (Å²) in [6, 6.07) is 9.08. The fourth-order valence-corrected chi connectivity index (χ4v) is 2.41. The molecule has 0 bridgehead atoms. The molecular formula is C17H23FN2O. The lowest BCUT2D eigenvalue weighted by atomic mass is 10.1. The molecule has 1 aromatic carbocycles. The van der Waals surface area contributed by atoms with E-state index >= 15 is 0 Å². The molecule has 0 amide bonds. The molecule has 0 radical (unpaired) electrons. The van der Waals surface area contributed by atoms with E-state index in [1.54, 1.807) is 6.07 Å². The van der Waals surface area contributed by atoms with E-state index in [-0.39, 0.29) is 5.82 Å². The fourth-order valence-electron chi connectivity index (χ4n) is 2.41. The van der Waals surface area contributed by atoms with Gasteiger partial charge in [-0.1, -0.05) is 19.1 Å². The zero-order valence-electron chi connectivity index (χ0n) is 12.9. The molecule has 0 aliphatic carbocycles. The molecule has 1 heterocycles. The van der Waals surface area contributed by atoms with Crippen LogP contribution in [0.1, 0.15) is 30.4 Å². The number of rotatable bonds is 7. The number of hydrogen-bond donors (Lipinski definition) is 1. The Labute approximate surface area is 125 Å². The Morgan fingerprint density at radius 3 is 2.71 bits per heavy atom. The summed E-state index contributed by atoms with van der Waals surface area (Å²) in [5, 5.41) is 3.33. The Morgan fingerprint density at radius 1 is 1.24 bits per heavy atom. The van der Waals surface area contributed by atoms with Gasteiger partial charge in [-0.15, -0.1) is 0 Å². The number of furan rings is 1. The topological polar surface area (TPSA) is 28.4 Å². The average molecular weight is 290 g/mol. The smallest absolute Gasteiger partial charge is 0.146 e. The molecule has 0 spiro atoms. The summed E-state index contributed by atoms with van der Waals surface area (Å²) >= 11 is 0. The number of para-hydroxylation sites is 1. The van der Waals surface area contributed by atoms with E-state index in [9.17, 15) is 4.39 Å². The first kappa shape index (κ1) is 15.6. The van der Waals surface area contributed by atoms with Crippen molar-refractivity contribution in [2.45, 2.75) is 33.4 Å². The zero-order valence-corrected chi connectivity index (χ0v) is 12.9. The van der Waals surface area contributed by atoms with Crippen LogP contribution in [0.25, 0.3) is 0 Å². The molecule has 4 heteroatoms. The average Bonchev–Trinajstić information content (AvgIpc) is 2.84. The summed E-state index contributed by atoms with van der Waals surface area (Å²) < 4.78 is 19.8. The lowest BCUT2D eigenvalue weighted by molar-refractivity contribution is 0.480. The molecule has 1 aromatic heterocycles. The van der Waals surface area contributed by atoms with Crippen LogP contribution in [-0.4, -0.2) is 13.6 Å². The van der Waals surface area contributed by atoms with Gasteiger partial charge in [0.25, 0.3) is 0 Å². The third kappa shape index (κ3) is 4.08. The highest BCUT2D eigenvalue weighted by Gasteiger charge is 2.14. The Bertz CT molecular complexity index is 580. The van der Waals surface area contributed by atoms with E-state index in [2.05, 4.69) is 12.2 Å². The van der Waals surface area contributed by atoms with Crippen LogP contribution in [0.2, 0.25) is 0 Å². The second kappa shape index (κ2) is 7.27. The van der Waals surface area contributed by atoms with Crippen LogP contribution in [0, 0.1) is 12.7 Å². The first-order valence-electron chi connectivity index (χ1n) is 7.36. The van der Waals surface area contributed by atoms with Gasteiger partial charge in [0.05, 0.1) is 12.2 Å². The normalized spacial score (nSPS) is 10.9. The van der Waals surface area contributed by atoms with Crippen molar-refractivity contribution < 1.29 is 8.81 Å². The number of nitrogens with one attached hydrogen (secondary N) is 1. The van der Waals surface area contributed by atoms with Gasteiger partial charge in [0.15, 0.2) is 0 Å². The molecule has 0 saturated heterocycles. The number of hydrogen-bond acceptors (Lipinski definition) is 3. The maximum absolute atomic E-state index is 14.2. The standard InChI is InChI=1S/C17H23FN2O/c1-4-10-19-11-14-6-5-7-16(18)17(14)20(3)12-15-9-8-13(2)21-15/h5-9,19H,4,10-12H2,1-3H3. The summed E-state index contributed by atoms with van der Waals surface area (Å²) in [5.74, 6) is 1.51. The number of aryl methyl sites for hydroxylation is 1. The quantitative estimate of drug-likeness (QED) is 0.785. The first-order valence-corrected chi connectivity index (χ1v) is 7.36. The van der Waals surface area contributed by atoms with Gasteiger partial charge >= 0.3 is 0 Å². The molecule has 2 rings (SSSR count). The van der Waals surface area contributed by atoms with Crippen LogP contribution in [0.3, 0.4) is 0 Å². The number of benzene rings is 1. The largest absolute Gasteiger partial charge is 0.464 e. The molecule has 21 heavy (non-hydrogen) atoms. The maximum atomic E-state index is 14.2. The summed E-state index contributed by atoms with van der Waals surface area (Å²) in [7, 11) is 1.89. The van der Waals surface area contributed by atoms with E-state index in [1.165, 1.54) is 6.07 Å². The molecule has 0 aliphatic rings. The van der Waals surface area contributed by atoms with E-state index in [0.29, 0.717) is 18.8 Å². The van der Waals surface area contributed by atoms with Crippen molar-refractivity contribution in [1.82, 2.24) is 5.32 Å². The molecule has 2 aromatic rings. The van der Waals surface area contributed by atoms with Crippen molar-refractivity contribution in [2.75, 3.05) is 18.5 Å². The third-order valence-corrected chi connectivity index (χ3v) is 3.38. The Kier molecular flexibility index (Phi) is 5.39. The molecular weight excluding hydrogens is 267 g/mol. The SMILES string of the molecule is CCCNCc1cccc(F)c1N(C)Cc1ccc(C)o1. The Hall–Kier alpha value is -1.81. The van der Waals surface area contributed by atoms with Gasteiger partial charge in [-0.3, -0.25) is 0 Å². The second-order valence-electron chi connectivity index (χ2n) is 5.29. The van der Waals surface area contributed by atoms with E-state index in [4.69, 9.17) is 4.42 Å². The highest BCUT2D eigenvalue weighted by Crippen LogP contribution is 2.25. The summed E-state index contributed by atoms with van der Waals surface area (Å²) in [5.41, 5.74) is 1.60. The van der Waals surface area contributed by atoms with Gasteiger partial charge in [-0.2, -0.15) is 0 Å². The van der Waals surface area contributed by atoms with Crippen LogP contribution in [0.4, 0.5) is 10.1 Å². The highest BCUT2D eigenvalue weighted by atomic mass is 19.1.